The molecule has 286 valence electrons. The van der Waals surface area contributed by atoms with Gasteiger partial charge in [-0.15, -0.1) is 0 Å². The number of fused-ring (bicyclic) bond motifs is 9. The Morgan fingerprint density at radius 1 is 0.390 bits per heavy atom. The topological polar surface area (TPSA) is 35.6 Å². The van der Waals surface area contributed by atoms with Crippen LogP contribution in [-0.2, 0) is 10.8 Å². The molecule has 0 spiro atoms. The third kappa shape index (κ3) is 5.20. The molecule has 0 unspecified atom stereocenters. The molecule has 0 saturated heterocycles. The molecule has 0 N–H and O–H groups in total. The zero-order valence-corrected chi connectivity index (χ0v) is 35.5. The molecule has 5 heterocycles. The summed E-state index contributed by atoms with van der Waals surface area (Å²) in [6.07, 6.45) is 3.95. The Labute approximate surface area is 346 Å². The van der Waals surface area contributed by atoms with E-state index in [1.165, 1.54) is 75.6 Å². The number of hydrogen-bond acceptors (Lipinski definition) is 2. The minimum Gasteiger partial charge on any atom is -0.294 e. The molecule has 0 radical (unpaired) electrons. The van der Waals surface area contributed by atoms with Gasteiger partial charge >= 0.3 is 0 Å². The van der Waals surface area contributed by atoms with Crippen LogP contribution < -0.4 is 20.7 Å². The third-order valence-electron chi connectivity index (χ3n) is 12.8. The van der Waals surface area contributed by atoms with Crippen LogP contribution in [0.3, 0.4) is 0 Å². The maximum atomic E-state index is 5.05. The average Bonchev–Trinajstić information content (AvgIpc) is 3.87. The first kappa shape index (κ1) is 35.6. The summed E-state index contributed by atoms with van der Waals surface area (Å²) in [6.45, 7) is 13.6. The van der Waals surface area contributed by atoms with E-state index in [1.807, 2.05) is 12.4 Å². The van der Waals surface area contributed by atoms with E-state index in [1.54, 1.807) is 0 Å². The van der Waals surface area contributed by atoms with E-state index in [0.29, 0.717) is 0 Å². The molecule has 0 bridgehead atoms. The van der Waals surface area contributed by atoms with E-state index in [9.17, 15) is 0 Å². The van der Waals surface area contributed by atoms with Crippen molar-refractivity contribution in [1.29, 1.82) is 0 Å². The highest BCUT2D eigenvalue weighted by atomic mass is 28.3. The molecule has 5 heteroatoms. The highest BCUT2D eigenvalue weighted by Crippen LogP contribution is 2.37. The lowest BCUT2D eigenvalue weighted by Crippen LogP contribution is -2.72. The zero-order valence-electron chi connectivity index (χ0n) is 34.5. The molecule has 4 nitrogen and oxygen atoms in total. The number of rotatable bonds is 4. The van der Waals surface area contributed by atoms with Gasteiger partial charge in [0.25, 0.3) is 0 Å². The lowest BCUT2D eigenvalue weighted by molar-refractivity contribution is 0.588. The Kier molecular flexibility index (Phi) is 7.67. The number of para-hydroxylation sites is 2. The predicted molar refractivity (Wildman–Crippen MR) is 251 cm³/mol. The summed E-state index contributed by atoms with van der Waals surface area (Å²) < 4.78 is 4.79. The summed E-state index contributed by atoms with van der Waals surface area (Å²) >= 11 is 0. The first-order valence-corrected chi connectivity index (χ1v) is 22.7. The number of hydrogen-bond donors (Lipinski definition) is 0. The van der Waals surface area contributed by atoms with Crippen molar-refractivity contribution in [3.05, 3.63) is 181 Å². The number of aromatic nitrogens is 4. The standard InChI is InChI=1S/C54H46N4Si/c1-53(2,3)35-27-29-55-51(31-35)57-45-19-11-7-15-39(45)41-25-23-37(33-47(41)57)59(49-21-13-9-17-43(49)44-18-10-14-22-50(44)59)38-24-26-42-40-16-8-12-20-46(40)58(48(42)34-38)52-32-36(28-30-56-52)54(4,5)6/h7-34H,1-6H3. The summed E-state index contributed by atoms with van der Waals surface area (Å²) in [5.74, 6) is 1.89. The van der Waals surface area contributed by atoms with E-state index in [0.717, 1.165) is 22.7 Å². The molecule has 1 aliphatic heterocycles. The maximum Gasteiger partial charge on any atom is 0.181 e. The highest BCUT2D eigenvalue weighted by Gasteiger charge is 2.49. The van der Waals surface area contributed by atoms with Gasteiger partial charge in [0.2, 0.25) is 0 Å². The Morgan fingerprint density at radius 2 is 0.780 bits per heavy atom. The quantitative estimate of drug-likeness (QED) is 0.167. The Balaban J connectivity index is 1.25. The predicted octanol–water partition coefficient (Wildman–Crippen LogP) is 10.6. The van der Waals surface area contributed by atoms with Crippen molar-refractivity contribution in [1.82, 2.24) is 19.1 Å². The second-order valence-electron chi connectivity index (χ2n) is 18.3. The summed E-state index contributed by atoms with van der Waals surface area (Å²) in [7, 11) is -2.96. The summed E-state index contributed by atoms with van der Waals surface area (Å²) in [5, 5.41) is 10.5. The van der Waals surface area contributed by atoms with Crippen LogP contribution in [0, 0.1) is 0 Å². The molecule has 0 aliphatic carbocycles. The van der Waals surface area contributed by atoms with Gasteiger partial charge < -0.3 is 0 Å². The normalized spacial score (nSPS) is 13.7. The molecule has 0 amide bonds. The SMILES string of the molecule is CC(C)(C)c1ccnc(-n2c3ccccc3c3ccc([Si]4(c5ccc6c7ccccc7n(-c7cc(C(C)(C)C)ccn7)c6c5)c5ccccc5-c5ccccc54)cc32)c1. The molecule has 6 aromatic carbocycles. The number of benzene rings is 6. The molecular weight excluding hydrogens is 733 g/mol. The van der Waals surface area contributed by atoms with Gasteiger partial charge in [0.1, 0.15) is 11.6 Å². The second kappa shape index (κ2) is 12.7. The van der Waals surface area contributed by atoms with Gasteiger partial charge in [-0.25, -0.2) is 9.97 Å². The molecule has 0 saturated carbocycles. The van der Waals surface area contributed by atoms with Gasteiger partial charge in [-0.1, -0.05) is 151 Å². The van der Waals surface area contributed by atoms with Crippen molar-refractivity contribution in [3.8, 4) is 22.8 Å². The largest absolute Gasteiger partial charge is 0.294 e. The third-order valence-corrected chi connectivity index (χ3v) is 17.7. The van der Waals surface area contributed by atoms with E-state index < -0.39 is 8.07 Å². The monoisotopic (exact) mass is 778 g/mol. The van der Waals surface area contributed by atoms with Crippen LogP contribution in [0.25, 0.3) is 66.4 Å². The Bertz CT molecular complexity index is 3090. The van der Waals surface area contributed by atoms with Crippen molar-refractivity contribution in [2.75, 3.05) is 0 Å². The summed E-state index contributed by atoms with van der Waals surface area (Å²) in [4.78, 5) is 10.1. The van der Waals surface area contributed by atoms with Gasteiger partial charge in [-0.2, -0.15) is 0 Å². The fourth-order valence-corrected chi connectivity index (χ4v) is 15.1. The van der Waals surface area contributed by atoms with Crippen LogP contribution in [0.1, 0.15) is 52.7 Å². The molecule has 0 atom stereocenters. The Morgan fingerprint density at radius 3 is 1.22 bits per heavy atom. The van der Waals surface area contributed by atoms with Gasteiger partial charge in [-0.05, 0) is 102 Å². The lowest BCUT2D eigenvalue weighted by Gasteiger charge is -2.31. The van der Waals surface area contributed by atoms with Gasteiger partial charge in [0.05, 0.1) is 22.1 Å². The Hall–Kier alpha value is -6.56. The smallest absolute Gasteiger partial charge is 0.181 e. The van der Waals surface area contributed by atoms with Crippen LogP contribution in [0.15, 0.2) is 170 Å². The minimum absolute atomic E-state index is 0.0133. The summed E-state index contributed by atoms with van der Waals surface area (Å²) in [6, 6.07) is 59.5. The number of pyridine rings is 2. The molecule has 0 fully saturated rings. The second-order valence-corrected chi connectivity index (χ2v) is 22.0. The van der Waals surface area contributed by atoms with E-state index in [-0.39, 0.29) is 10.8 Å². The van der Waals surface area contributed by atoms with Crippen LogP contribution in [0.2, 0.25) is 0 Å². The van der Waals surface area contributed by atoms with Crippen molar-refractivity contribution in [2.45, 2.75) is 52.4 Å². The number of nitrogens with zero attached hydrogens (tertiary/aromatic N) is 4. The van der Waals surface area contributed by atoms with Crippen LogP contribution in [0.4, 0.5) is 0 Å². The van der Waals surface area contributed by atoms with E-state index >= 15 is 0 Å². The van der Waals surface area contributed by atoms with Gasteiger partial charge in [0, 0.05) is 33.9 Å². The minimum atomic E-state index is -2.96. The maximum absolute atomic E-state index is 5.05. The molecule has 11 rings (SSSR count). The molecule has 1 aliphatic rings. The van der Waals surface area contributed by atoms with E-state index in [4.69, 9.17) is 9.97 Å². The van der Waals surface area contributed by atoms with Crippen LogP contribution >= 0.6 is 0 Å². The van der Waals surface area contributed by atoms with Gasteiger partial charge in [0.15, 0.2) is 8.07 Å². The molecule has 59 heavy (non-hydrogen) atoms. The highest BCUT2D eigenvalue weighted by molar-refractivity contribution is 7.22. The van der Waals surface area contributed by atoms with E-state index in [2.05, 4.69) is 208 Å². The molecule has 10 aromatic rings. The lowest BCUT2D eigenvalue weighted by atomic mass is 9.88. The van der Waals surface area contributed by atoms with Crippen molar-refractivity contribution >= 4 is 72.4 Å². The van der Waals surface area contributed by atoms with Gasteiger partial charge in [-0.3, -0.25) is 9.13 Å². The van der Waals surface area contributed by atoms with Crippen LogP contribution in [0.5, 0.6) is 0 Å². The van der Waals surface area contributed by atoms with Crippen molar-refractivity contribution in [3.63, 3.8) is 0 Å². The fraction of sp³-hybridized carbons (Fsp3) is 0.148. The molecular formula is C54H46N4Si. The summed E-state index contributed by atoms with van der Waals surface area (Å²) in [5.41, 5.74) is 9.84. The molecule has 4 aromatic heterocycles. The first-order chi connectivity index (χ1) is 28.5. The fourth-order valence-electron chi connectivity index (χ4n) is 9.94. The first-order valence-electron chi connectivity index (χ1n) is 20.7. The van der Waals surface area contributed by atoms with Crippen LogP contribution in [-0.4, -0.2) is 27.2 Å². The van der Waals surface area contributed by atoms with Crippen molar-refractivity contribution in [2.24, 2.45) is 0 Å². The zero-order chi connectivity index (χ0) is 40.3. The van der Waals surface area contributed by atoms with Crippen molar-refractivity contribution < 1.29 is 0 Å². The average molecular weight is 779 g/mol.